The topological polar surface area (TPSA) is 93.5 Å². The molecule has 1 saturated heterocycles. The molecule has 1 fully saturated rings. The highest BCUT2D eigenvalue weighted by Crippen LogP contribution is 2.31. The number of carbonyl (C=O) groups excluding carboxylic acids is 3. The Balaban J connectivity index is 1.44. The van der Waals surface area contributed by atoms with Gasteiger partial charge in [-0.2, -0.15) is 5.26 Å². The van der Waals surface area contributed by atoms with Crippen molar-refractivity contribution in [3.05, 3.63) is 71.8 Å². The number of nitrogens with one attached hydrogen (secondary N) is 1. The molecule has 30 heavy (non-hydrogen) atoms. The number of amides is 3. The average molecular weight is 418 g/mol. The number of hydrogen-bond acceptors (Lipinski definition) is 5. The van der Waals surface area contributed by atoms with Gasteiger partial charge in [-0.1, -0.05) is 24.8 Å². The highest BCUT2D eigenvalue weighted by atomic mass is 32.2. The van der Waals surface area contributed by atoms with Crippen LogP contribution in [-0.2, 0) is 9.59 Å². The van der Waals surface area contributed by atoms with Gasteiger partial charge < -0.3 is 10.2 Å². The van der Waals surface area contributed by atoms with Crippen LogP contribution in [0.4, 0.5) is 5.69 Å². The van der Waals surface area contributed by atoms with Crippen LogP contribution in [0, 0.1) is 11.3 Å². The second-order valence-corrected chi connectivity index (χ2v) is 7.94. The van der Waals surface area contributed by atoms with E-state index in [1.165, 1.54) is 21.6 Å². The Labute approximate surface area is 178 Å². The molecule has 0 aliphatic carbocycles. The minimum atomic E-state index is -0.633. The van der Waals surface area contributed by atoms with E-state index in [9.17, 15) is 14.4 Å². The van der Waals surface area contributed by atoms with E-state index in [2.05, 4.69) is 11.9 Å². The van der Waals surface area contributed by atoms with Gasteiger partial charge in [-0.05, 0) is 30.3 Å². The zero-order valence-corrected chi connectivity index (χ0v) is 16.8. The summed E-state index contributed by atoms with van der Waals surface area (Å²) in [7, 11) is 0. The number of fused-ring (bicyclic) bond motifs is 1. The minimum absolute atomic E-state index is 0.159. The first-order valence-electron chi connectivity index (χ1n) is 9.28. The van der Waals surface area contributed by atoms with Crippen LogP contribution < -0.4 is 5.32 Å². The molecular weight excluding hydrogens is 400 g/mol. The molecule has 1 N–H and O–H groups in total. The van der Waals surface area contributed by atoms with E-state index in [0.29, 0.717) is 34.1 Å². The summed E-state index contributed by atoms with van der Waals surface area (Å²) in [6, 6.07) is 15.0. The zero-order chi connectivity index (χ0) is 21.3. The molecule has 0 bridgehead atoms. The lowest BCUT2D eigenvalue weighted by atomic mass is 10.1. The molecule has 2 aromatic rings. The highest BCUT2D eigenvalue weighted by Gasteiger charge is 2.38. The van der Waals surface area contributed by atoms with E-state index in [1.54, 1.807) is 42.5 Å². The third-order valence-electron chi connectivity index (χ3n) is 5.12. The molecule has 1 atom stereocenters. The van der Waals surface area contributed by atoms with Crippen molar-refractivity contribution in [2.75, 3.05) is 23.5 Å². The second kappa shape index (κ2) is 8.05. The fraction of sp³-hybridized carbons (Fsp3) is 0.182. The summed E-state index contributed by atoms with van der Waals surface area (Å²) in [6.07, 6.45) is 0. The summed E-state index contributed by atoms with van der Waals surface area (Å²) in [5.74, 6) is -0.000994. The molecule has 2 aliphatic rings. The summed E-state index contributed by atoms with van der Waals surface area (Å²) >= 11 is 1.49. The van der Waals surface area contributed by atoms with Crippen molar-refractivity contribution >= 4 is 40.9 Å². The maximum atomic E-state index is 13.0. The standard InChI is InChI=1S/C22H18N4O3S/c1-14-17-4-2-3-5-18(17)22(29)25(14)11-20(27)26-13-30-12-19(26)21(28)24-16-8-6-15(10-23)7-9-16/h2-9,19H,1,11-13H2,(H,24,28). The van der Waals surface area contributed by atoms with Crippen LogP contribution in [-0.4, -0.2) is 51.7 Å². The molecule has 7 nitrogen and oxygen atoms in total. The molecule has 0 aromatic heterocycles. The first kappa shape index (κ1) is 19.7. The lowest BCUT2D eigenvalue weighted by Crippen LogP contribution is -2.48. The second-order valence-electron chi connectivity index (χ2n) is 6.94. The van der Waals surface area contributed by atoms with Gasteiger partial charge in [0.2, 0.25) is 11.8 Å². The third-order valence-corrected chi connectivity index (χ3v) is 6.13. The Hall–Kier alpha value is -3.57. The van der Waals surface area contributed by atoms with Gasteiger partial charge in [0.15, 0.2) is 0 Å². The van der Waals surface area contributed by atoms with Crippen molar-refractivity contribution in [2.45, 2.75) is 6.04 Å². The molecular formula is C22H18N4O3S. The van der Waals surface area contributed by atoms with Crippen molar-refractivity contribution in [2.24, 2.45) is 0 Å². The van der Waals surface area contributed by atoms with Crippen LogP contribution in [0.1, 0.15) is 21.5 Å². The number of benzene rings is 2. The van der Waals surface area contributed by atoms with E-state index in [1.807, 2.05) is 12.1 Å². The van der Waals surface area contributed by atoms with Crippen molar-refractivity contribution in [3.63, 3.8) is 0 Å². The van der Waals surface area contributed by atoms with Gasteiger partial charge in [-0.15, -0.1) is 11.8 Å². The number of nitriles is 1. The molecule has 1 unspecified atom stereocenters. The number of nitrogens with zero attached hydrogens (tertiary/aromatic N) is 3. The van der Waals surface area contributed by atoms with Gasteiger partial charge in [0.1, 0.15) is 12.6 Å². The van der Waals surface area contributed by atoms with Gasteiger partial charge in [-0.25, -0.2) is 0 Å². The van der Waals surface area contributed by atoms with E-state index >= 15 is 0 Å². The number of hydrogen-bond donors (Lipinski definition) is 1. The van der Waals surface area contributed by atoms with Gasteiger partial charge in [0.25, 0.3) is 5.91 Å². The molecule has 2 aromatic carbocycles. The summed E-state index contributed by atoms with van der Waals surface area (Å²) in [4.78, 5) is 41.2. The molecule has 3 amide bonds. The van der Waals surface area contributed by atoms with Crippen molar-refractivity contribution in [1.82, 2.24) is 9.80 Å². The van der Waals surface area contributed by atoms with Crippen LogP contribution in [0.3, 0.4) is 0 Å². The predicted molar refractivity (Wildman–Crippen MR) is 114 cm³/mol. The van der Waals surface area contributed by atoms with E-state index in [-0.39, 0.29) is 24.3 Å². The summed E-state index contributed by atoms with van der Waals surface area (Å²) in [5.41, 5.74) is 2.80. The smallest absolute Gasteiger partial charge is 0.259 e. The number of thioether (sulfide) groups is 1. The predicted octanol–water partition coefficient (Wildman–Crippen LogP) is 2.52. The molecule has 150 valence electrons. The normalized spacial score (nSPS) is 17.6. The zero-order valence-electron chi connectivity index (χ0n) is 16.0. The third kappa shape index (κ3) is 3.55. The molecule has 4 rings (SSSR count). The minimum Gasteiger partial charge on any atom is -0.324 e. The average Bonchev–Trinajstić information content (AvgIpc) is 3.35. The van der Waals surface area contributed by atoms with E-state index in [4.69, 9.17) is 5.26 Å². The highest BCUT2D eigenvalue weighted by molar-refractivity contribution is 7.99. The lowest BCUT2D eigenvalue weighted by molar-refractivity contribution is -0.136. The molecule has 8 heteroatoms. The van der Waals surface area contributed by atoms with Crippen molar-refractivity contribution in [3.8, 4) is 6.07 Å². The summed E-state index contributed by atoms with van der Waals surface area (Å²) in [5, 5.41) is 11.7. The maximum Gasteiger partial charge on any atom is 0.259 e. The molecule has 0 spiro atoms. The van der Waals surface area contributed by atoms with E-state index in [0.717, 1.165) is 5.56 Å². The largest absolute Gasteiger partial charge is 0.324 e. The van der Waals surface area contributed by atoms with Crippen molar-refractivity contribution in [1.29, 1.82) is 5.26 Å². The quantitative estimate of drug-likeness (QED) is 0.824. The Morgan fingerprint density at radius 1 is 1.17 bits per heavy atom. The maximum absolute atomic E-state index is 13.0. The molecule has 2 aliphatic heterocycles. The van der Waals surface area contributed by atoms with Crippen LogP contribution in [0.5, 0.6) is 0 Å². The summed E-state index contributed by atoms with van der Waals surface area (Å²) in [6.45, 7) is 3.80. The SMILES string of the molecule is C=C1c2ccccc2C(=O)N1CC(=O)N1CSCC1C(=O)Nc1ccc(C#N)cc1. The first-order valence-corrected chi connectivity index (χ1v) is 10.4. The van der Waals surface area contributed by atoms with Gasteiger partial charge >= 0.3 is 0 Å². The fourth-order valence-electron chi connectivity index (χ4n) is 3.49. The molecule has 0 saturated carbocycles. The van der Waals surface area contributed by atoms with Crippen LogP contribution in [0.25, 0.3) is 5.70 Å². The molecule has 0 radical (unpaired) electrons. The van der Waals surface area contributed by atoms with Gasteiger partial charge in [0.05, 0.1) is 17.5 Å². The Bertz CT molecular complexity index is 1060. The number of anilines is 1. The Kier molecular flexibility index (Phi) is 5.29. The number of carbonyl (C=O) groups is 3. The van der Waals surface area contributed by atoms with Crippen LogP contribution in [0.15, 0.2) is 55.1 Å². The fourth-order valence-corrected chi connectivity index (χ4v) is 4.67. The van der Waals surface area contributed by atoms with Crippen LogP contribution in [0.2, 0.25) is 0 Å². The van der Waals surface area contributed by atoms with Crippen molar-refractivity contribution < 1.29 is 14.4 Å². The Morgan fingerprint density at radius 2 is 1.87 bits per heavy atom. The number of rotatable bonds is 4. The monoisotopic (exact) mass is 418 g/mol. The van der Waals surface area contributed by atoms with Gasteiger partial charge in [-0.3, -0.25) is 19.3 Å². The summed E-state index contributed by atoms with van der Waals surface area (Å²) < 4.78 is 0. The van der Waals surface area contributed by atoms with E-state index < -0.39 is 6.04 Å². The van der Waals surface area contributed by atoms with Crippen LogP contribution >= 0.6 is 11.8 Å². The molecule has 2 heterocycles. The lowest BCUT2D eigenvalue weighted by Gasteiger charge is -2.26. The first-order chi connectivity index (χ1) is 14.5. The Morgan fingerprint density at radius 3 is 2.53 bits per heavy atom. The van der Waals surface area contributed by atoms with Gasteiger partial charge in [0, 0.05) is 28.3 Å².